The number of β-amino-alcohol motifs (C(OH)–C–C–N with tert-alkyl or cyclic N) is 1. The fraction of sp³-hybridized carbons (Fsp3) is 0.364. The van der Waals surface area contributed by atoms with Crippen LogP contribution in [0.2, 0.25) is 0 Å². The van der Waals surface area contributed by atoms with Crippen molar-refractivity contribution in [3.63, 3.8) is 0 Å². The van der Waals surface area contributed by atoms with Gasteiger partial charge in [0.05, 0.1) is 23.0 Å². The lowest BCUT2D eigenvalue weighted by molar-refractivity contribution is 0.0697. The van der Waals surface area contributed by atoms with E-state index in [4.69, 9.17) is 10.8 Å². The summed E-state index contributed by atoms with van der Waals surface area (Å²) in [5, 5.41) is 18.5. The molecule has 1 aliphatic rings. The number of carboxylic acids is 1. The minimum absolute atomic E-state index is 0.189. The van der Waals surface area contributed by atoms with Crippen LogP contribution in [0.4, 0.5) is 11.4 Å². The van der Waals surface area contributed by atoms with Gasteiger partial charge in [-0.1, -0.05) is 6.07 Å². The number of anilines is 2. The Kier molecular flexibility index (Phi) is 2.70. The molecular formula is C11H14N2O3. The number of rotatable bonds is 2. The van der Waals surface area contributed by atoms with Crippen molar-refractivity contribution in [2.75, 3.05) is 23.7 Å². The van der Waals surface area contributed by atoms with Crippen LogP contribution in [0.3, 0.4) is 0 Å². The van der Waals surface area contributed by atoms with Gasteiger partial charge in [-0.25, -0.2) is 4.79 Å². The van der Waals surface area contributed by atoms with Gasteiger partial charge in [0, 0.05) is 13.1 Å². The van der Waals surface area contributed by atoms with Gasteiger partial charge in [-0.05, 0) is 18.6 Å². The van der Waals surface area contributed by atoms with Crippen molar-refractivity contribution < 1.29 is 15.0 Å². The van der Waals surface area contributed by atoms with Crippen LogP contribution in [0, 0.1) is 0 Å². The first-order valence-electron chi connectivity index (χ1n) is 5.14. The summed E-state index contributed by atoms with van der Waals surface area (Å²) < 4.78 is 0. The van der Waals surface area contributed by atoms with Crippen LogP contribution in [0.15, 0.2) is 18.2 Å². The number of aromatic carboxylic acids is 1. The monoisotopic (exact) mass is 222 g/mol. The van der Waals surface area contributed by atoms with Gasteiger partial charge in [-0.3, -0.25) is 0 Å². The van der Waals surface area contributed by atoms with Crippen LogP contribution >= 0.6 is 0 Å². The molecule has 1 saturated heterocycles. The average molecular weight is 222 g/mol. The number of aliphatic hydroxyl groups excluding tert-OH is 1. The predicted molar refractivity (Wildman–Crippen MR) is 60.7 cm³/mol. The maximum atomic E-state index is 11.1. The fourth-order valence-corrected chi connectivity index (χ4v) is 2.03. The highest BCUT2D eigenvalue weighted by molar-refractivity contribution is 5.98. The van der Waals surface area contributed by atoms with Crippen molar-refractivity contribution in [2.45, 2.75) is 12.5 Å². The second-order valence-electron chi connectivity index (χ2n) is 3.94. The molecule has 4 N–H and O–H groups in total. The first kappa shape index (κ1) is 10.8. The lowest BCUT2D eigenvalue weighted by Gasteiger charge is -2.21. The van der Waals surface area contributed by atoms with E-state index in [2.05, 4.69) is 0 Å². The highest BCUT2D eigenvalue weighted by Crippen LogP contribution is 2.30. The molecule has 0 aromatic heterocycles. The average Bonchev–Trinajstić information content (AvgIpc) is 2.64. The number of para-hydroxylation sites is 1. The van der Waals surface area contributed by atoms with E-state index < -0.39 is 12.1 Å². The molecule has 1 aromatic carbocycles. The van der Waals surface area contributed by atoms with Gasteiger partial charge < -0.3 is 20.8 Å². The minimum Gasteiger partial charge on any atom is -0.478 e. The van der Waals surface area contributed by atoms with E-state index in [0.29, 0.717) is 30.9 Å². The number of nitrogens with two attached hydrogens (primary N) is 1. The number of carbonyl (C=O) groups is 1. The first-order chi connectivity index (χ1) is 7.59. The second-order valence-corrected chi connectivity index (χ2v) is 3.94. The molecule has 0 radical (unpaired) electrons. The van der Waals surface area contributed by atoms with Crippen molar-refractivity contribution in [1.29, 1.82) is 0 Å². The summed E-state index contributed by atoms with van der Waals surface area (Å²) in [4.78, 5) is 12.9. The van der Waals surface area contributed by atoms with Crippen molar-refractivity contribution in [3.8, 4) is 0 Å². The van der Waals surface area contributed by atoms with Crippen molar-refractivity contribution >= 4 is 17.3 Å². The highest BCUT2D eigenvalue weighted by Gasteiger charge is 2.25. The largest absolute Gasteiger partial charge is 0.478 e. The SMILES string of the molecule is Nc1cccc(C(=O)O)c1N1CCC(O)C1. The third kappa shape index (κ3) is 1.81. The smallest absolute Gasteiger partial charge is 0.337 e. The summed E-state index contributed by atoms with van der Waals surface area (Å²) in [6, 6.07) is 4.82. The summed E-state index contributed by atoms with van der Waals surface area (Å²) >= 11 is 0. The van der Waals surface area contributed by atoms with Crippen molar-refractivity contribution in [3.05, 3.63) is 23.8 Å². The summed E-state index contributed by atoms with van der Waals surface area (Å²) in [6.45, 7) is 1.07. The Bertz CT molecular complexity index is 420. The lowest BCUT2D eigenvalue weighted by Crippen LogP contribution is -2.24. The van der Waals surface area contributed by atoms with Gasteiger partial charge in [0.15, 0.2) is 0 Å². The molecule has 0 spiro atoms. The summed E-state index contributed by atoms with van der Waals surface area (Å²) in [7, 11) is 0. The molecule has 1 unspecified atom stereocenters. The highest BCUT2D eigenvalue weighted by atomic mass is 16.4. The summed E-state index contributed by atoms with van der Waals surface area (Å²) in [6.07, 6.45) is 0.245. The minimum atomic E-state index is -0.997. The number of nitrogens with zero attached hydrogens (tertiary/aromatic N) is 1. The molecule has 5 nitrogen and oxygen atoms in total. The third-order valence-electron chi connectivity index (χ3n) is 2.78. The van der Waals surface area contributed by atoms with Crippen LogP contribution in [-0.4, -0.2) is 35.4 Å². The fourth-order valence-electron chi connectivity index (χ4n) is 2.03. The van der Waals surface area contributed by atoms with Crippen LogP contribution in [0.25, 0.3) is 0 Å². The van der Waals surface area contributed by atoms with Crippen molar-refractivity contribution in [1.82, 2.24) is 0 Å². The molecule has 16 heavy (non-hydrogen) atoms. The normalized spacial score (nSPS) is 20.1. The maximum Gasteiger partial charge on any atom is 0.337 e. The molecule has 2 rings (SSSR count). The van der Waals surface area contributed by atoms with Gasteiger partial charge in [0.25, 0.3) is 0 Å². The number of nitrogen functional groups attached to an aromatic ring is 1. The van der Waals surface area contributed by atoms with Crippen LogP contribution in [0.1, 0.15) is 16.8 Å². The Morgan fingerprint density at radius 1 is 1.50 bits per heavy atom. The standard InChI is InChI=1S/C11H14N2O3/c12-9-3-1-2-8(11(15)16)10(9)13-5-4-7(14)6-13/h1-3,7,14H,4-6,12H2,(H,15,16). The molecule has 1 heterocycles. The molecular weight excluding hydrogens is 208 g/mol. The zero-order valence-electron chi connectivity index (χ0n) is 8.76. The quantitative estimate of drug-likeness (QED) is 0.636. The van der Waals surface area contributed by atoms with Crippen molar-refractivity contribution in [2.24, 2.45) is 0 Å². The van der Waals surface area contributed by atoms with E-state index in [0.717, 1.165) is 0 Å². The molecule has 1 fully saturated rings. The van der Waals surface area contributed by atoms with Crippen LogP contribution in [0.5, 0.6) is 0 Å². The summed E-state index contributed by atoms with van der Waals surface area (Å²) in [5.74, 6) is -0.997. The molecule has 1 atom stereocenters. The van der Waals surface area contributed by atoms with Crippen LogP contribution < -0.4 is 10.6 Å². The molecule has 86 valence electrons. The molecule has 0 bridgehead atoms. The van der Waals surface area contributed by atoms with Gasteiger partial charge in [0.1, 0.15) is 0 Å². The number of aliphatic hydroxyl groups is 1. The van der Waals surface area contributed by atoms with Crippen LogP contribution in [-0.2, 0) is 0 Å². The maximum absolute atomic E-state index is 11.1. The molecule has 5 heteroatoms. The molecule has 0 aliphatic carbocycles. The Hall–Kier alpha value is -1.75. The summed E-state index contributed by atoms with van der Waals surface area (Å²) in [5.41, 5.74) is 6.95. The predicted octanol–water partition coefficient (Wildman–Crippen LogP) is 0.538. The number of hydrogen-bond donors (Lipinski definition) is 3. The van der Waals surface area contributed by atoms with Gasteiger partial charge >= 0.3 is 5.97 Å². The topological polar surface area (TPSA) is 86.8 Å². The number of benzene rings is 1. The second kappa shape index (κ2) is 4.02. The molecule has 1 aromatic rings. The molecule has 0 amide bonds. The Morgan fingerprint density at radius 2 is 2.25 bits per heavy atom. The Labute approximate surface area is 93.1 Å². The van der Waals surface area contributed by atoms with E-state index in [9.17, 15) is 9.90 Å². The van der Waals surface area contributed by atoms with E-state index >= 15 is 0 Å². The Balaban J connectivity index is 2.42. The van der Waals surface area contributed by atoms with Gasteiger partial charge in [0.2, 0.25) is 0 Å². The zero-order valence-corrected chi connectivity index (χ0v) is 8.76. The molecule has 0 saturated carbocycles. The zero-order chi connectivity index (χ0) is 11.7. The van der Waals surface area contributed by atoms with Gasteiger partial charge in [-0.15, -0.1) is 0 Å². The van der Waals surface area contributed by atoms with Gasteiger partial charge in [-0.2, -0.15) is 0 Å². The molecule has 1 aliphatic heterocycles. The van der Waals surface area contributed by atoms with E-state index in [-0.39, 0.29) is 5.56 Å². The first-order valence-corrected chi connectivity index (χ1v) is 5.14. The third-order valence-corrected chi connectivity index (χ3v) is 2.78. The lowest BCUT2D eigenvalue weighted by atomic mass is 10.1. The Morgan fingerprint density at radius 3 is 2.81 bits per heavy atom. The number of hydrogen-bond acceptors (Lipinski definition) is 4. The van der Waals surface area contributed by atoms with E-state index in [1.165, 1.54) is 6.07 Å². The number of carboxylic acid groups (broad SMARTS) is 1. The van der Waals surface area contributed by atoms with E-state index in [1.54, 1.807) is 12.1 Å². The van der Waals surface area contributed by atoms with E-state index in [1.807, 2.05) is 4.90 Å².